The van der Waals surface area contributed by atoms with Crippen LogP contribution in [0.25, 0.3) is 0 Å². The SMILES string of the molecule is CC(C)Nc1ccnc(C(=O)NC2CC2)c1. The fraction of sp³-hybridized carbons (Fsp3) is 0.500. The van der Waals surface area contributed by atoms with Gasteiger partial charge in [-0.15, -0.1) is 0 Å². The lowest BCUT2D eigenvalue weighted by Gasteiger charge is -2.10. The van der Waals surface area contributed by atoms with E-state index in [4.69, 9.17) is 0 Å². The molecule has 2 N–H and O–H groups in total. The van der Waals surface area contributed by atoms with Crippen LogP contribution in [0.2, 0.25) is 0 Å². The molecule has 1 amide bonds. The highest BCUT2D eigenvalue weighted by Crippen LogP contribution is 2.19. The van der Waals surface area contributed by atoms with Gasteiger partial charge in [0.25, 0.3) is 5.91 Å². The van der Waals surface area contributed by atoms with Gasteiger partial charge in [0.2, 0.25) is 0 Å². The van der Waals surface area contributed by atoms with Crippen LogP contribution in [0.1, 0.15) is 37.2 Å². The van der Waals surface area contributed by atoms with Crippen molar-refractivity contribution in [2.75, 3.05) is 5.32 Å². The molecule has 0 aromatic carbocycles. The lowest BCUT2D eigenvalue weighted by atomic mass is 10.2. The molecule has 1 saturated carbocycles. The van der Waals surface area contributed by atoms with Gasteiger partial charge in [0.15, 0.2) is 0 Å². The molecule has 1 aliphatic carbocycles. The van der Waals surface area contributed by atoms with E-state index in [0.29, 0.717) is 17.8 Å². The van der Waals surface area contributed by atoms with Gasteiger partial charge in [-0.25, -0.2) is 0 Å². The fourth-order valence-corrected chi connectivity index (χ4v) is 1.46. The van der Waals surface area contributed by atoms with Gasteiger partial charge in [-0.3, -0.25) is 9.78 Å². The van der Waals surface area contributed by atoms with Crippen molar-refractivity contribution < 1.29 is 4.79 Å². The number of carbonyl (C=O) groups excluding carboxylic acids is 1. The monoisotopic (exact) mass is 219 g/mol. The van der Waals surface area contributed by atoms with Crippen LogP contribution in [0.15, 0.2) is 18.3 Å². The van der Waals surface area contributed by atoms with Gasteiger partial charge in [0.1, 0.15) is 5.69 Å². The van der Waals surface area contributed by atoms with Gasteiger partial charge < -0.3 is 10.6 Å². The molecule has 0 atom stereocenters. The Balaban J connectivity index is 2.04. The molecule has 4 heteroatoms. The first kappa shape index (κ1) is 10.9. The summed E-state index contributed by atoms with van der Waals surface area (Å²) < 4.78 is 0. The predicted octanol–water partition coefficient (Wildman–Crippen LogP) is 1.79. The second kappa shape index (κ2) is 4.51. The molecule has 86 valence electrons. The summed E-state index contributed by atoms with van der Waals surface area (Å²) in [4.78, 5) is 15.8. The summed E-state index contributed by atoms with van der Waals surface area (Å²) >= 11 is 0. The molecule has 0 unspecified atom stereocenters. The van der Waals surface area contributed by atoms with Crippen molar-refractivity contribution in [2.24, 2.45) is 0 Å². The standard InChI is InChI=1S/C12H17N3O/c1-8(2)14-10-5-6-13-11(7-10)12(16)15-9-3-4-9/h5-9H,3-4H2,1-2H3,(H,13,14)(H,15,16). The maximum Gasteiger partial charge on any atom is 0.270 e. The number of aromatic nitrogens is 1. The number of carbonyl (C=O) groups is 1. The molecule has 1 aromatic rings. The van der Waals surface area contributed by atoms with Crippen molar-refractivity contribution in [1.29, 1.82) is 0 Å². The topological polar surface area (TPSA) is 54.0 Å². The van der Waals surface area contributed by atoms with Gasteiger partial charge in [0.05, 0.1) is 0 Å². The first-order valence-corrected chi connectivity index (χ1v) is 5.68. The van der Waals surface area contributed by atoms with Crippen molar-refractivity contribution in [3.05, 3.63) is 24.0 Å². The highest BCUT2D eigenvalue weighted by Gasteiger charge is 2.24. The normalized spacial score (nSPS) is 14.9. The van der Waals surface area contributed by atoms with Crippen LogP contribution in [0.4, 0.5) is 5.69 Å². The Labute approximate surface area is 95.5 Å². The fourth-order valence-electron chi connectivity index (χ4n) is 1.46. The number of amides is 1. The van der Waals surface area contributed by atoms with Crippen molar-refractivity contribution in [1.82, 2.24) is 10.3 Å². The number of nitrogens with one attached hydrogen (secondary N) is 2. The Kier molecular flexibility index (Phi) is 3.08. The van der Waals surface area contributed by atoms with Crippen LogP contribution < -0.4 is 10.6 Å². The van der Waals surface area contributed by atoms with E-state index in [9.17, 15) is 4.79 Å². The Bertz CT molecular complexity index is 386. The van der Waals surface area contributed by atoms with Crippen molar-refractivity contribution in [2.45, 2.75) is 38.8 Å². The molecular formula is C12H17N3O. The third kappa shape index (κ3) is 2.95. The number of nitrogens with zero attached hydrogens (tertiary/aromatic N) is 1. The highest BCUT2D eigenvalue weighted by molar-refractivity contribution is 5.93. The zero-order valence-corrected chi connectivity index (χ0v) is 9.66. The predicted molar refractivity (Wildman–Crippen MR) is 63.5 cm³/mol. The van der Waals surface area contributed by atoms with E-state index in [1.165, 1.54) is 0 Å². The summed E-state index contributed by atoms with van der Waals surface area (Å²) in [5.41, 5.74) is 1.42. The van der Waals surface area contributed by atoms with Crippen LogP contribution in [-0.2, 0) is 0 Å². The highest BCUT2D eigenvalue weighted by atomic mass is 16.2. The maximum atomic E-state index is 11.7. The lowest BCUT2D eigenvalue weighted by molar-refractivity contribution is 0.0946. The summed E-state index contributed by atoms with van der Waals surface area (Å²) in [7, 11) is 0. The van der Waals surface area contributed by atoms with Gasteiger partial charge >= 0.3 is 0 Å². The minimum absolute atomic E-state index is 0.0742. The molecule has 0 spiro atoms. The first-order valence-electron chi connectivity index (χ1n) is 5.68. The molecule has 0 bridgehead atoms. The third-order valence-electron chi connectivity index (χ3n) is 2.36. The summed E-state index contributed by atoms with van der Waals surface area (Å²) in [6.45, 7) is 4.12. The van der Waals surface area contributed by atoms with E-state index in [-0.39, 0.29) is 5.91 Å². The maximum absolute atomic E-state index is 11.7. The van der Waals surface area contributed by atoms with Crippen LogP contribution in [-0.4, -0.2) is 23.0 Å². The second-order valence-corrected chi connectivity index (χ2v) is 4.48. The first-order chi connectivity index (χ1) is 7.65. The Morgan fingerprint density at radius 3 is 2.88 bits per heavy atom. The van der Waals surface area contributed by atoms with Gasteiger partial charge in [-0.05, 0) is 38.8 Å². The van der Waals surface area contributed by atoms with E-state index < -0.39 is 0 Å². The number of anilines is 1. The summed E-state index contributed by atoms with van der Waals surface area (Å²) in [6, 6.07) is 4.38. The Hall–Kier alpha value is -1.58. The zero-order chi connectivity index (χ0) is 11.5. The minimum atomic E-state index is -0.0742. The summed E-state index contributed by atoms with van der Waals surface area (Å²) in [6.07, 6.45) is 3.85. The molecule has 16 heavy (non-hydrogen) atoms. The number of hydrogen-bond acceptors (Lipinski definition) is 3. The van der Waals surface area contributed by atoms with Crippen LogP contribution in [0, 0.1) is 0 Å². The summed E-state index contributed by atoms with van der Waals surface area (Å²) in [5.74, 6) is -0.0742. The largest absolute Gasteiger partial charge is 0.383 e. The Morgan fingerprint density at radius 1 is 1.50 bits per heavy atom. The van der Waals surface area contributed by atoms with E-state index in [1.54, 1.807) is 12.3 Å². The Morgan fingerprint density at radius 2 is 2.25 bits per heavy atom. The van der Waals surface area contributed by atoms with Crippen LogP contribution in [0.3, 0.4) is 0 Å². The molecular weight excluding hydrogens is 202 g/mol. The second-order valence-electron chi connectivity index (χ2n) is 4.48. The molecule has 1 aliphatic rings. The average molecular weight is 219 g/mol. The molecule has 1 fully saturated rings. The smallest absolute Gasteiger partial charge is 0.270 e. The van der Waals surface area contributed by atoms with Crippen molar-refractivity contribution in [3.8, 4) is 0 Å². The van der Waals surface area contributed by atoms with E-state index >= 15 is 0 Å². The van der Waals surface area contributed by atoms with Gasteiger partial charge in [0, 0.05) is 24.0 Å². The van der Waals surface area contributed by atoms with Gasteiger partial charge in [-0.1, -0.05) is 0 Å². The zero-order valence-electron chi connectivity index (χ0n) is 9.66. The van der Waals surface area contributed by atoms with Crippen LogP contribution >= 0.6 is 0 Å². The molecule has 0 saturated heterocycles. The lowest BCUT2D eigenvalue weighted by Crippen LogP contribution is -2.26. The quantitative estimate of drug-likeness (QED) is 0.811. The van der Waals surface area contributed by atoms with Crippen molar-refractivity contribution >= 4 is 11.6 Å². The molecule has 1 heterocycles. The van der Waals surface area contributed by atoms with E-state index in [2.05, 4.69) is 29.5 Å². The van der Waals surface area contributed by atoms with Crippen LogP contribution in [0.5, 0.6) is 0 Å². The molecule has 4 nitrogen and oxygen atoms in total. The molecule has 2 rings (SSSR count). The third-order valence-corrected chi connectivity index (χ3v) is 2.36. The number of rotatable bonds is 4. The molecule has 0 aliphatic heterocycles. The number of pyridine rings is 1. The summed E-state index contributed by atoms with van der Waals surface area (Å²) in [5, 5.41) is 6.17. The van der Waals surface area contributed by atoms with E-state index in [0.717, 1.165) is 18.5 Å². The van der Waals surface area contributed by atoms with Crippen molar-refractivity contribution in [3.63, 3.8) is 0 Å². The average Bonchev–Trinajstić information content (AvgIpc) is 3.01. The van der Waals surface area contributed by atoms with E-state index in [1.807, 2.05) is 6.07 Å². The molecule has 1 aromatic heterocycles. The van der Waals surface area contributed by atoms with Gasteiger partial charge in [-0.2, -0.15) is 0 Å². The minimum Gasteiger partial charge on any atom is -0.383 e. The number of hydrogen-bond donors (Lipinski definition) is 2. The molecule has 0 radical (unpaired) electrons.